The van der Waals surface area contributed by atoms with Gasteiger partial charge >= 0.3 is 0 Å². The van der Waals surface area contributed by atoms with Crippen LogP contribution in [0.5, 0.6) is 5.75 Å². The second kappa shape index (κ2) is 15.3. The summed E-state index contributed by atoms with van der Waals surface area (Å²) in [5, 5.41) is 5.91. The lowest BCUT2D eigenvalue weighted by molar-refractivity contribution is 0.0663. The smallest absolute Gasteiger partial charge is 0.257 e. The Morgan fingerprint density at radius 3 is 2.32 bits per heavy atom. The lowest BCUT2D eigenvalue weighted by Crippen LogP contribution is -2.47. The molecule has 1 saturated heterocycles. The Morgan fingerprint density at radius 2 is 1.58 bits per heavy atom. The number of H-pyrrole nitrogens is 1. The van der Waals surface area contributed by atoms with E-state index in [1.165, 1.54) is 0 Å². The van der Waals surface area contributed by atoms with Crippen molar-refractivity contribution in [2.45, 2.75) is 26.7 Å². The Morgan fingerprint density at radius 1 is 0.860 bits per heavy atom. The Bertz CT molecular complexity index is 2020. The molecule has 6 rings (SSSR count). The summed E-state index contributed by atoms with van der Waals surface area (Å²) in [5.41, 5.74) is 11.9. The van der Waals surface area contributed by atoms with Gasteiger partial charge in [0.05, 0.1) is 29.9 Å². The topological polar surface area (TPSA) is 155 Å². The number of methoxy groups -OCH3 is 1. The summed E-state index contributed by atoms with van der Waals surface area (Å²) >= 11 is 0. The van der Waals surface area contributed by atoms with Crippen LogP contribution in [-0.4, -0.2) is 77.8 Å². The zero-order valence-corrected chi connectivity index (χ0v) is 28.4. The maximum absolute atomic E-state index is 13.5. The maximum Gasteiger partial charge on any atom is 0.257 e. The molecule has 0 bridgehead atoms. The van der Waals surface area contributed by atoms with E-state index in [1.807, 2.05) is 54.3 Å². The van der Waals surface area contributed by atoms with Crippen LogP contribution in [0.1, 0.15) is 53.6 Å². The van der Waals surface area contributed by atoms with Gasteiger partial charge in [-0.15, -0.1) is 0 Å². The highest BCUT2D eigenvalue weighted by Crippen LogP contribution is 2.29. The highest BCUT2D eigenvalue weighted by molar-refractivity contribution is 6.12. The predicted octanol–water partition coefficient (Wildman–Crippen LogP) is 4.95. The number of likely N-dealkylation sites (N-methyl/N-ethyl adjacent to an activating group) is 1. The standard InChI is InChI=1S/C38H41N7O5/c1-24-7-13-31(33(19-24)50-22-25-8-10-26(11-9-25)38(48)45-17-15-44(2)16-18-45)42-36(46)27-12-14-30(28(20-27)23-49-3)41-37(47)29-5-4-6-32-35(29)43-34(21-39)40-32/h4-14,19-20H,15-18,21-23,39H2,1-3H3,(H,40,43)(H,41,47)(H,42,46). The van der Waals surface area contributed by atoms with E-state index >= 15 is 0 Å². The van der Waals surface area contributed by atoms with Gasteiger partial charge in [-0.3, -0.25) is 14.4 Å². The van der Waals surface area contributed by atoms with Crippen molar-refractivity contribution >= 4 is 40.1 Å². The second-order valence-electron chi connectivity index (χ2n) is 12.4. The quantitative estimate of drug-likeness (QED) is 0.153. The number of hydrogen-bond donors (Lipinski definition) is 4. The van der Waals surface area contributed by atoms with Crippen LogP contribution in [0.15, 0.2) is 78.9 Å². The summed E-state index contributed by atoms with van der Waals surface area (Å²) in [7, 11) is 3.61. The summed E-state index contributed by atoms with van der Waals surface area (Å²) < 4.78 is 11.6. The van der Waals surface area contributed by atoms with Crippen LogP contribution in [0.4, 0.5) is 11.4 Å². The summed E-state index contributed by atoms with van der Waals surface area (Å²) in [6.45, 7) is 5.76. The number of aromatic nitrogens is 2. The minimum Gasteiger partial charge on any atom is -0.487 e. The number of nitrogens with one attached hydrogen (secondary N) is 3. The highest BCUT2D eigenvalue weighted by atomic mass is 16.5. The molecule has 4 aromatic carbocycles. The Labute approximate surface area is 290 Å². The summed E-state index contributed by atoms with van der Waals surface area (Å²) in [6, 6.07) is 23.3. The molecule has 50 heavy (non-hydrogen) atoms. The van der Waals surface area contributed by atoms with Crippen molar-refractivity contribution < 1.29 is 23.9 Å². The molecule has 1 aliphatic heterocycles. The molecule has 1 fully saturated rings. The molecular formula is C38H41N7O5. The minimum absolute atomic E-state index is 0.0337. The molecule has 0 spiro atoms. The van der Waals surface area contributed by atoms with E-state index in [2.05, 4.69) is 32.5 Å². The van der Waals surface area contributed by atoms with Crippen LogP contribution in [0.25, 0.3) is 11.0 Å². The SMILES string of the molecule is COCc1cc(C(=O)Nc2ccc(C)cc2OCc2ccc(C(=O)N3CCN(C)CC3)cc2)ccc1NC(=O)c1cccc2[nH]c(CN)nc12. The Balaban J connectivity index is 1.13. The molecule has 12 nitrogen and oxygen atoms in total. The maximum atomic E-state index is 13.5. The number of para-hydroxylation sites is 1. The molecule has 258 valence electrons. The summed E-state index contributed by atoms with van der Waals surface area (Å²) in [6.07, 6.45) is 0. The molecule has 12 heteroatoms. The third-order valence-corrected chi connectivity index (χ3v) is 8.69. The Kier molecular flexibility index (Phi) is 10.5. The number of anilines is 2. The van der Waals surface area contributed by atoms with E-state index in [0.29, 0.717) is 56.2 Å². The van der Waals surface area contributed by atoms with E-state index in [0.717, 1.165) is 37.3 Å². The van der Waals surface area contributed by atoms with Crippen molar-refractivity contribution in [1.82, 2.24) is 19.8 Å². The van der Waals surface area contributed by atoms with E-state index in [1.54, 1.807) is 43.5 Å². The molecule has 0 saturated carbocycles. The third kappa shape index (κ3) is 7.84. The molecule has 3 amide bonds. The van der Waals surface area contributed by atoms with Gasteiger partial charge in [-0.2, -0.15) is 0 Å². The third-order valence-electron chi connectivity index (χ3n) is 8.69. The van der Waals surface area contributed by atoms with Gasteiger partial charge in [-0.25, -0.2) is 4.98 Å². The molecular weight excluding hydrogens is 634 g/mol. The number of fused-ring (bicyclic) bond motifs is 1. The zero-order valence-electron chi connectivity index (χ0n) is 28.4. The fourth-order valence-corrected chi connectivity index (χ4v) is 5.83. The number of aromatic amines is 1. The number of hydrogen-bond acceptors (Lipinski definition) is 8. The first-order chi connectivity index (χ1) is 24.2. The number of carbonyl (C=O) groups excluding carboxylic acids is 3. The number of nitrogens with zero attached hydrogens (tertiary/aromatic N) is 3. The van der Waals surface area contributed by atoms with Gasteiger partial charge in [0.1, 0.15) is 23.7 Å². The molecule has 0 aliphatic carbocycles. The van der Waals surface area contributed by atoms with Crippen LogP contribution in [-0.2, 0) is 24.5 Å². The number of aryl methyl sites for hydroxylation is 1. The predicted molar refractivity (Wildman–Crippen MR) is 192 cm³/mol. The van der Waals surface area contributed by atoms with Gasteiger partial charge in [0.2, 0.25) is 0 Å². The van der Waals surface area contributed by atoms with E-state index in [9.17, 15) is 14.4 Å². The second-order valence-corrected chi connectivity index (χ2v) is 12.4. The average molecular weight is 676 g/mol. The molecule has 0 atom stereocenters. The highest BCUT2D eigenvalue weighted by Gasteiger charge is 2.21. The van der Waals surface area contributed by atoms with Gasteiger partial charge in [0.25, 0.3) is 17.7 Å². The van der Waals surface area contributed by atoms with Crippen molar-refractivity contribution in [3.8, 4) is 5.75 Å². The van der Waals surface area contributed by atoms with Gasteiger partial charge in [-0.05, 0) is 79.7 Å². The number of ether oxygens (including phenoxy) is 2. The van der Waals surface area contributed by atoms with Gasteiger partial charge in [0, 0.05) is 55.7 Å². The lowest BCUT2D eigenvalue weighted by Gasteiger charge is -2.32. The molecule has 0 unspecified atom stereocenters. The van der Waals surface area contributed by atoms with Crippen molar-refractivity contribution in [1.29, 1.82) is 0 Å². The van der Waals surface area contributed by atoms with Crippen molar-refractivity contribution in [2.75, 3.05) is 51.0 Å². The van der Waals surface area contributed by atoms with E-state index in [-0.39, 0.29) is 37.5 Å². The molecule has 5 N–H and O–H groups in total. The van der Waals surface area contributed by atoms with Crippen LogP contribution in [0, 0.1) is 6.92 Å². The van der Waals surface area contributed by atoms with Crippen molar-refractivity contribution in [3.63, 3.8) is 0 Å². The number of imidazole rings is 1. The fourth-order valence-electron chi connectivity index (χ4n) is 5.83. The Hall–Kier alpha value is -5.56. The number of carbonyl (C=O) groups is 3. The van der Waals surface area contributed by atoms with Crippen LogP contribution in [0.2, 0.25) is 0 Å². The van der Waals surface area contributed by atoms with E-state index < -0.39 is 0 Å². The van der Waals surface area contributed by atoms with Crippen molar-refractivity contribution in [2.24, 2.45) is 5.73 Å². The molecule has 1 aliphatic rings. The first-order valence-corrected chi connectivity index (χ1v) is 16.4. The van der Waals surface area contributed by atoms with Crippen LogP contribution in [0.3, 0.4) is 0 Å². The number of piperazine rings is 1. The van der Waals surface area contributed by atoms with Gasteiger partial charge < -0.3 is 40.6 Å². The van der Waals surface area contributed by atoms with Gasteiger partial charge in [0.15, 0.2) is 0 Å². The normalized spacial score (nSPS) is 13.3. The molecule has 5 aromatic rings. The summed E-state index contributed by atoms with van der Waals surface area (Å²) in [4.78, 5) is 51.5. The number of nitrogens with two attached hydrogens (primary N) is 1. The van der Waals surface area contributed by atoms with Crippen LogP contribution < -0.4 is 21.1 Å². The van der Waals surface area contributed by atoms with Crippen LogP contribution >= 0.6 is 0 Å². The molecule has 1 aromatic heterocycles. The van der Waals surface area contributed by atoms with E-state index in [4.69, 9.17) is 15.2 Å². The average Bonchev–Trinajstić information content (AvgIpc) is 3.56. The summed E-state index contributed by atoms with van der Waals surface area (Å²) in [5.74, 6) is 0.434. The van der Waals surface area contributed by atoms with Crippen molar-refractivity contribution in [3.05, 3.63) is 118 Å². The molecule has 2 heterocycles. The first-order valence-electron chi connectivity index (χ1n) is 16.4. The lowest BCUT2D eigenvalue weighted by atomic mass is 10.1. The number of amides is 3. The fraction of sp³-hybridized carbons (Fsp3) is 0.263. The van der Waals surface area contributed by atoms with Gasteiger partial charge in [-0.1, -0.05) is 24.3 Å². The zero-order chi connectivity index (χ0) is 35.2. The largest absolute Gasteiger partial charge is 0.487 e. The minimum atomic E-state index is -0.351. The molecule has 0 radical (unpaired) electrons. The number of rotatable bonds is 11. The number of benzene rings is 4. The first kappa shape index (κ1) is 34.3. The monoisotopic (exact) mass is 675 g/mol.